The van der Waals surface area contributed by atoms with Crippen LogP contribution in [0.2, 0.25) is 0 Å². The number of para-hydroxylation sites is 1. The lowest BCUT2D eigenvalue weighted by molar-refractivity contribution is -0.116. The van der Waals surface area contributed by atoms with Gasteiger partial charge in [0.1, 0.15) is 0 Å². The number of carbonyl (C=O) groups is 1. The number of nitrogens with one attached hydrogen (secondary N) is 1. The third-order valence-corrected chi connectivity index (χ3v) is 4.25. The minimum Gasteiger partial charge on any atom is -0.341 e. The molecule has 1 heterocycles. The zero-order valence-electron chi connectivity index (χ0n) is 15.0. The molecule has 0 bridgehead atoms. The van der Waals surface area contributed by atoms with E-state index in [-0.39, 0.29) is 17.9 Å². The first kappa shape index (κ1) is 17.7. The molecule has 0 unspecified atom stereocenters. The maximum Gasteiger partial charge on any atom is 0.281 e. The zero-order chi connectivity index (χ0) is 18.5. The fourth-order valence-electron chi connectivity index (χ4n) is 2.89. The second-order valence-electron chi connectivity index (χ2n) is 5.94. The van der Waals surface area contributed by atoms with Crippen LogP contribution in [0.3, 0.4) is 0 Å². The Hall–Kier alpha value is -3.15. The Morgan fingerprint density at radius 1 is 1.04 bits per heavy atom. The number of fused-ring (bicyclic) bond motifs is 1. The van der Waals surface area contributed by atoms with E-state index in [0.29, 0.717) is 29.9 Å². The molecule has 0 radical (unpaired) electrons. The van der Waals surface area contributed by atoms with Gasteiger partial charge in [-0.2, -0.15) is 4.68 Å². The Bertz CT molecular complexity index is 962. The van der Waals surface area contributed by atoms with Crippen molar-refractivity contribution in [3.63, 3.8) is 0 Å². The molecule has 0 spiro atoms. The van der Waals surface area contributed by atoms with Gasteiger partial charge in [-0.05, 0) is 31.5 Å². The summed E-state index contributed by atoms with van der Waals surface area (Å²) in [6.45, 7) is 5.33. The van der Waals surface area contributed by atoms with Crippen LogP contribution in [0, 0.1) is 0 Å². The van der Waals surface area contributed by atoms with E-state index in [4.69, 9.17) is 0 Å². The summed E-state index contributed by atoms with van der Waals surface area (Å²) in [7, 11) is 0. The fraction of sp³-hybridized carbons (Fsp3) is 0.250. The minimum atomic E-state index is -0.279. The normalized spacial score (nSPS) is 10.7. The van der Waals surface area contributed by atoms with Gasteiger partial charge in [0.25, 0.3) is 5.56 Å². The van der Waals surface area contributed by atoms with Crippen LogP contribution >= 0.6 is 0 Å². The third-order valence-electron chi connectivity index (χ3n) is 4.25. The lowest BCUT2D eigenvalue weighted by atomic mass is 10.1. The largest absolute Gasteiger partial charge is 0.341 e. The van der Waals surface area contributed by atoms with E-state index in [2.05, 4.69) is 10.4 Å². The first-order valence-electron chi connectivity index (χ1n) is 8.74. The second-order valence-corrected chi connectivity index (χ2v) is 5.94. The van der Waals surface area contributed by atoms with Crippen LogP contribution in [-0.4, -0.2) is 28.7 Å². The minimum absolute atomic E-state index is 0.192. The number of nitrogens with zero attached hydrogens (tertiary/aromatic N) is 3. The van der Waals surface area contributed by atoms with Gasteiger partial charge < -0.3 is 4.90 Å². The van der Waals surface area contributed by atoms with Crippen LogP contribution in [0.25, 0.3) is 10.9 Å². The Morgan fingerprint density at radius 2 is 1.69 bits per heavy atom. The van der Waals surface area contributed by atoms with E-state index in [0.717, 1.165) is 5.56 Å². The molecule has 134 valence electrons. The van der Waals surface area contributed by atoms with E-state index < -0.39 is 0 Å². The number of hydrogen-bond donors (Lipinski definition) is 1. The summed E-state index contributed by atoms with van der Waals surface area (Å²) >= 11 is 0. The Kier molecular flexibility index (Phi) is 5.31. The van der Waals surface area contributed by atoms with E-state index in [9.17, 15) is 9.59 Å². The summed E-state index contributed by atoms with van der Waals surface area (Å²) in [6, 6.07) is 16.6. The van der Waals surface area contributed by atoms with Gasteiger partial charge in [0.15, 0.2) is 0 Å². The second kappa shape index (κ2) is 7.82. The topological polar surface area (TPSA) is 67.2 Å². The molecule has 6 nitrogen and oxygen atoms in total. The smallest absolute Gasteiger partial charge is 0.281 e. The number of hydrogen-bond acceptors (Lipinski definition) is 4. The lowest BCUT2D eigenvalue weighted by Crippen LogP contribution is -2.40. The summed E-state index contributed by atoms with van der Waals surface area (Å²) in [5.41, 5.74) is 3.95. The van der Waals surface area contributed by atoms with Crippen molar-refractivity contribution in [2.75, 3.05) is 23.4 Å². The highest BCUT2D eigenvalue weighted by Gasteiger charge is 2.17. The van der Waals surface area contributed by atoms with Gasteiger partial charge in [0, 0.05) is 13.1 Å². The highest BCUT2D eigenvalue weighted by molar-refractivity contribution is 5.87. The molecule has 26 heavy (non-hydrogen) atoms. The van der Waals surface area contributed by atoms with Crippen molar-refractivity contribution in [2.45, 2.75) is 20.3 Å². The standard InChI is InChI=1S/C20H22N4O2/c1-3-23(4-2)20-21-17-13-9-8-12-16(17)19(26)24(20)22-18(25)14-15-10-6-5-7-11-15/h5-13H,3-4,14H2,1-2H3,(H,22,25). The van der Waals surface area contributed by atoms with Crippen LogP contribution in [0.5, 0.6) is 0 Å². The highest BCUT2D eigenvalue weighted by Crippen LogP contribution is 2.14. The van der Waals surface area contributed by atoms with Crippen molar-refractivity contribution < 1.29 is 4.79 Å². The number of aromatic nitrogens is 2. The van der Waals surface area contributed by atoms with E-state index in [1.807, 2.05) is 55.1 Å². The average molecular weight is 350 g/mol. The molecule has 3 aromatic rings. The van der Waals surface area contributed by atoms with E-state index in [1.54, 1.807) is 18.2 Å². The SMILES string of the molecule is CCN(CC)c1nc2ccccc2c(=O)n1NC(=O)Cc1ccccc1. The van der Waals surface area contributed by atoms with Gasteiger partial charge in [-0.15, -0.1) is 0 Å². The first-order chi connectivity index (χ1) is 12.6. The van der Waals surface area contributed by atoms with Crippen molar-refractivity contribution in [1.82, 2.24) is 9.66 Å². The molecule has 1 amide bonds. The van der Waals surface area contributed by atoms with Crippen molar-refractivity contribution in [3.8, 4) is 0 Å². The number of rotatable bonds is 6. The van der Waals surface area contributed by atoms with E-state index >= 15 is 0 Å². The van der Waals surface area contributed by atoms with Crippen LogP contribution in [0.1, 0.15) is 19.4 Å². The molecule has 3 rings (SSSR count). The quantitative estimate of drug-likeness (QED) is 0.742. The number of amides is 1. The summed E-state index contributed by atoms with van der Waals surface area (Å²) in [6.07, 6.45) is 0.192. The zero-order valence-corrected chi connectivity index (χ0v) is 15.0. The predicted molar refractivity (Wildman–Crippen MR) is 104 cm³/mol. The van der Waals surface area contributed by atoms with Crippen LogP contribution in [0.15, 0.2) is 59.4 Å². The molecule has 0 saturated heterocycles. The predicted octanol–water partition coefficient (Wildman–Crippen LogP) is 2.56. The molecule has 0 atom stereocenters. The van der Waals surface area contributed by atoms with Gasteiger partial charge in [-0.3, -0.25) is 15.0 Å². The molecule has 1 N–H and O–H groups in total. The van der Waals surface area contributed by atoms with Crippen LogP contribution in [-0.2, 0) is 11.2 Å². The van der Waals surface area contributed by atoms with Crippen molar-refractivity contribution in [3.05, 3.63) is 70.5 Å². The van der Waals surface area contributed by atoms with Gasteiger partial charge in [-0.25, -0.2) is 4.98 Å². The number of anilines is 1. The van der Waals surface area contributed by atoms with E-state index in [1.165, 1.54) is 4.68 Å². The number of benzene rings is 2. The highest BCUT2D eigenvalue weighted by atomic mass is 16.2. The molecule has 1 aromatic heterocycles. The molecule has 0 aliphatic heterocycles. The van der Waals surface area contributed by atoms with Gasteiger partial charge in [-0.1, -0.05) is 42.5 Å². The fourth-order valence-corrected chi connectivity index (χ4v) is 2.89. The third kappa shape index (κ3) is 3.59. The molecule has 0 saturated carbocycles. The van der Waals surface area contributed by atoms with Crippen LogP contribution < -0.4 is 15.9 Å². The lowest BCUT2D eigenvalue weighted by Gasteiger charge is -2.24. The molecule has 6 heteroatoms. The van der Waals surface area contributed by atoms with Gasteiger partial charge in [0.05, 0.1) is 17.3 Å². The molecule has 2 aromatic carbocycles. The van der Waals surface area contributed by atoms with Crippen molar-refractivity contribution in [1.29, 1.82) is 0 Å². The molecular formula is C20H22N4O2. The summed E-state index contributed by atoms with van der Waals surface area (Å²) < 4.78 is 1.26. The molecule has 0 aliphatic rings. The van der Waals surface area contributed by atoms with Crippen molar-refractivity contribution >= 4 is 22.8 Å². The Balaban J connectivity index is 2.02. The number of carbonyl (C=O) groups excluding carboxylic acids is 1. The molecule has 0 aliphatic carbocycles. The van der Waals surface area contributed by atoms with Crippen LogP contribution in [0.4, 0.5) is 5.95 Å². The summed E-state index contributed by atoms with van der Waals surface area (Å²) in [5.74, 6) is 0.184. The Morgan fingerprint density at radius 3 is 2.38 bits per heavy atom. The Labute approximate surface area is 152 Å². The molecule has 0 fully saturated rings. The van der Waals surface area contributed by atoms with Crippen molar-refractivity contribution in [2.24, 2.45) is 0 Å². The van der Waals surface area contributed by atoms with Gasteiger partial charge >= 0.3 is 0 Å². The molecular weight excluding hydrogens is 328 g/mol. The average Bonchev–Trinajstić information content (AvgIpc) is 2.66. The summed E-state index contributed by atoms with van der Waals surface area (Å²) in [5, 5.41) is 0.475. The summed E-state index contributed by atoms with van der Waals surface area (Å²) in [4.78, 5) is 32.0. The first-order valence-corrected chi connectivity index (χ1v) is 8.74. The monoisotopic (exact) mass is 350 g/mol. The van der Waals surface area contributed by atoms with Gasteiger partial charge in [0.2, 0.25) is 11.9 Å². The maximum atomic E-state index is 13.0. The maximum absolute atomic E-state index is 13.0.